The molecular formula is C22H23NO. The van der Waals surface area contributed by atoms with Crippen LogP contribution in [0.1, 0.15) is 28.8 Å². The van der Waals surface area contributed by atoms with Gasteiger partial charge in [0.25, 0.3) is 0 Å². The van der Waals surface area contributed by atoms with Crippen molar-refractivity contribution in [2.24, 2.45) is 0 Å². The van der Waals surface area contributed by atoms with Gasteiger partial charge >= 0.3 is 0 Å². The maximum Gasteiger partial charge on any atom is 0.0917 e. The molecule has 0 fully saturated rings. The Morgan fingerprint density at radius 2 is 1.04 bits per heavy atom. The molecule has 0 aromatic heterocycles. The fourth-order valence-electron chi connectivity index (χ4n) is 3.13. The van der Waals surface area contributed by atoms with E-state index in [0.717, 1.165) is 5.56 Å². The molecule has 0 bridgehead atoms. The van der Waals surface area contributed by atoms with Gasteiger partial charge in [0.2, 0.25) is 0 Å². The molecule has 3 rings (SSSR count). The summed E-state index contributed by atoms with van der Waals surface area (Å²) in [6.07, 6.45) is -0.508. The molecule has 0 aliphatic rings. The highest BCUT2D eigenvalue weighted by Gasteiger charge is 2.21. The van der Waals surface area contributed by atoms with E-state index < -0.39 is 6.10 Å². The van der Waals surface area contributed by atoms with Crippen molar-refractivity contribution in [2.75, 3.05) is 13.6 Å². The van der Waals surface area contributed by atoms with E-state index in [-0.39, 0.29) is 6.04 Å². The lowest BCUT2D eigenvalue weighted by Gasteiger charge is -2.31. The monoisotopic (exact) mass is 317 g/mol. The lowest BCUT2D eigenvalue weighted by molar-refractivity contribution is 0.113. The van der Waals surface area contributed by atoms with Gasteiger partial charge in [0, 0.05) is 6.54 Å². The molecule has 0 amide bonds. The molecule has 24 heavy (non-hydrogen) atoms. The lowest BCUT2D eigenvalue weighted by atomic mass is 9.96. The van der Waals surface area contributed by atoms with Crippen LogP contribution < -0.4 is 0 Å². The van der Waals surface area contributed by atoms with Crippen LogP contribution in [0.15, 0.2) is 91.0 Å². The fraction of sp³-hybridized carbons (Fsp3) is 0.182. The van der Waals surface area contributed by atoms with Gasteiger partial charge < -0.3 is 5.11 Å². The Morgan fingerprint density at radius 3 is 1.46 bits per heavy atom. The quantitative estimate of drug-likeness (QED) is 0.726. The smallest absolute Gasteiger partial charge is 0.0917 e. The SMILES string of the molecule is CN(C[C@H](O)c1ccccc1)C(c1ccccc1)c1ccccc1. The molecule has 0 aliphatic heterocycles. The van der Waals surface area contributed by atoms with Gasteiger partial charge in [-0.2, -0.15) is 0 Å². The van der Waals surface area contributed by atoms with E-state index in [1.54, 1.807) is 0 Å². The van der Waals surface area contributed by atoms with E-state index in [2.05, 4.69) is 60.5 Å². The first-order chi connectivity index (χ1) is 11.8. The van der Waals surface area contributed by atoms with Crippen LogP contribution in [-0.2, 0) is 0 Å². The number of rotatable bonds is 6. The second kappa shape index (κ2) is 7.91. The number of benzene rings is 3. The van der Waals surface area contributed by atoms with Gasteiger partial charge in [-0.3, -0.25) is 4.90 Å². The van der Waals surface area contributed by atoms with Gasteiger partial charge in [-0.15, -0.1) is 0 Å². The predicted octanol–water partition coefficient (Wildman–Crippen LogP) is 4.44. The molecule has 2 nitrogen and oxygen atoms in total. The van der Waals surface area contributed by atoms with Gasteiger partial charge in [-0.1, -0.05) is 91.0 Å². The molecule has 3 aromatic carbocycles. The average molecular weight is 317 g/mol. The summed E-state index contributed by atoms with van der Waals surface area (Å²) in [5, 5.41) is 10.6. The number of nitrogens with zero attached hydrogens (tertiary/aromatic N) is 1. The van der Waals surface area contributed by atoms with Crippen molar-refractivity contribution in [3.8, 4) is 0 Å². The number of likely N-dealkylation sites (N-methyl/N-ethyl adjacent to an activating group) is 1. The predicted molar refractivity (Wildman–Crippen MR) is 98.8 cm³/mol. The molecule has 1 atom stereocenters. The van der Waals surface area contributed by atoms with Crippen LogP contribution in [0.4, 0.5) is 0 Å². The van der Waals surface area contributed by atoms with Crippen LogP contribution in [0.3, 0.4) is 0 Å². The van der Waals surface area contributed by atoms with Crippen molar-refractivity contribution in [1.29, 1.82) is 0 Å². The zero-order valence-electron chi connectivity index (χ0n) is 13.9. The Morgan fingerprint density at radius 1 is 0.667 bits per heavy atom. The van der Waals surface area contributed by atoms with Crippen LogP contribution in [0.2, 0.25) is 0 Å². The highest BCUT2D eigenvalue weighted by molar-refractivity contribution is 5.32. The summed E-state index contributed by atoms with van der Waals surface area (Å²) in [6, 6.07) is 30.8. The third-order valence-corrected chi connectivity index (χ3v) is 4.32. The highest BCUT2D eigenvalue weighted by Crippen LogP contribution is 2.29. The highest BCUT2D eigenvalue weighted by atomic mass is 16.3. The van der Waals surface area contributed by atoms with E-state index in [0.29, 0.717) is 6.54 Å². The van der Waals surface area contributed by atoms with Crippen LogP contribution in [0, 0.1) is 0 Å². The molecule has 122 valence electrons. The largest absolute Gasteiger partial charge is 0.387 e. The molecule has 0 spiro atoms. The first-order valence-corrected chi connectivity index (χ1v) is 8.29. The number of hydrogen-bond acceptors (Lipinski definition) is 2. The van der Waals surface area contributed by atoms with E-state index in [1.807, 2.05) is 42.5 Å². The fourth-order valence-corrected chi connectivity index (χ4v) is 3.13. The zero-order valence-corrected chi connectivity index (χ0v) is 13.9. The first-order valence-electron chi connectivity index (χ1n) is 8.29. The molecular weight excluding hydrogens is 294 g/mol. The Balaban J connectivity index is 1.86. The molecule has 0 saturated carbocycles. The summed E-state index contributed by atoms with van der Waals surface area (Å²) in [5.41, 5.74) is 3.40. The van der Waals surface area contributed by atoms with E-state index in [1.165, 1.54) is 11.1 Å². The molecule has 1 N–H and O–H groups in total. The van der Waals surface area contributed by atoms with Crippen molar-refractivity contribution in [2.45, 2.75) is 12.1 Å². The Kier molecular flexibility index (Phi) is 5.42. The summed E-state index contributed by atoms with van der Waals surface area (Å²) in [7, 11) is 2.07. The minimum absolute atomic E-state index is 0.116. The Labute approximate surface area is 144 Å². The Hall–Kier alpha value is -2.42. The lowest BCUT2D eigenvalue weighted by Crippen LogP contribution is -2.30. The molecule has 3 aromatic rings. The van der Waals surface area contributed by atoms with E-state index >= 15 is 0 Å². The van der Waals surface area contributed by atoms with Crippen molar-refractivity contribution in [3.63, 3.8) is 0 Å². The number of aliphatic hydroxyl groups excluding tert-OH is 1. The normalized spacial score (nSPS) is 12.5. The summed E-state index contributed by atoms with van der Waals surface area (Å²) in [6.45, 7) is 0.568. The van der Waals surface area contributed by atoms with Gasteiger partial charge in [0.1, 0.15) is 0 Å². The van der Waals surface area contributed by atoms with Crippen LogP contribution in [0.5, 0.6) is 0 Å². The summed E-state index contributed by atoms with van der Waals surface area (Å²) < 4.78 is 0. The third-order valence-electron chi connectivity index (χ3n) is 4.32. The first kappa shape index (κ1) is 16.4. The topological polar surface area (TPSA) is 23.5 Å². The van der Waals surface area contributed by atoms with Gasteiger partial charge in [0.05, 0.1) is 12.1 Å². The second-order valence-electron chi connectivity index (χ2n) is 6.09. The zero-order chi connectivity index (χ0) is 16.8. The van der Waals surface area contributed by atoms with Gasteiger partial charge in [-0.05, 0) is 23.7 Å². The molecule has 0 radical (unpaired) electrons. The van der Waals surface area contributed by atoms with Crippen molar-refractivity contribution in [1.82, 2.24) is 4.90 Å². The standard InChI is InChI=1S/C22H23NO/c1-23(17-21(24)18-11-5-2-6-12-18)22(19-13-7-3-8-14-19)20-15-9-4-10-16-20/h2-16,21-22,24H,17H2,1H3/t21-/m0/s1. The maximum atomic E-state index is 10.6. The van der Waals surface area contributed by atoms with Crippen molar-refractivity contribution >= 4 is 0 Å². The maximum absolute atomic E-state index is 10.6. The summed E-state index contributed by atoms with van der Waals surface area (Å²) >= 11 is 0. The van der Waals surface area contributed by atoms with Crippen LogP contribution in [-0.4, -0.2) is 23.6 Å². The molecule has 0 saturated heterocycles. The van der Waals surface area contributed by atoms with Crippen molar-refractivity contribution < 1.29 is 5.11 Å². The summed E-state index contributed by atoms with van der Waals surface area (Å²) in [4.78, 5) is 2.21. The molecule has 0 unspecified atom stereocenters. The summed E-state index contributed by atoms with van der Waals surface area (Å²) in [5.74, 6) is 0. The number of aliphatic hydroxyl groups is 1. The van der Waals surface area contributed by atoms with E-state index in [4.69, 9.17) is 0 Å². The van der Waals surface area contributed by atoms with Crippen molar-refractivity contribution in [3.05, 3.63) is 108 Å². The second-order valence-corrected chi connectivity index (χ2v) is 6.09. The molecule has 0 heterocycles. The molecule has 2 heteroatoms. The average Bonchev–Trinajstić information content (AvgIpc) is 2.64. The third kappa shape index (κ3) is 3.91. The number of hydrogen-bond donors (Lipinski definition) is 1. The van der Waals surface area contributed by atoms with E-state index in [9.17, 15) is 5.11 Å². The van der Waals surface area contributed by atoms with Gasteiger partial charge in [0.15, 0.2) is 0 Å². The Bertz CT molecular complexity index is 688. The molecule has 0 aliphatic carbocycles. The van der Waals surface area contributed by atoms with Crippen LogP contribution >= 0.6 is 0 Å². The minimum atomic E-state index is -0.508. The minimum Gasteiger partial charge on any atom is -0.387 e. The van der Waals surface area contributed by atoms with Gasteiger partial charge in [-0.25, -0.2) is 0 Å². The van der Waals surface area contributed by atoms with Crippen LogP contribution in [0.25, 0.3) is 0 Å².